The third kappa shape index (κ3) is 2.77. The summed E-state index contributed by atoms with van der Waals surface area (Å²) in [4.78, 5) is 0. The molecule has 0 bridgehead atoms. The van der Waals surface area contributed by atoms with Crippen molar-refractivity contribution < 1.29 is 4.74 Å². The van der Waals surface area contributed by atoms with Crippen LogP contribution < -0.4 is 4.74 Å². The van der Waals surface area contributed by atoms with Gasteiger partial charge in [0.05, 0.1) is 7.11 Å². The fraction of sp³-hybridized carbons (Fsp3) is 0.600. The standard InChI is InChI=1S/C15H21ClO/c1-10(2)12-6-7-15(17-3)13(8-12)14(9-16)11-4-5-11/h6-8,10-11,14H,4-5,9H2,1-3H3. The van der Waals surface area contributed by atoms with E-state index in [4.69, 9.17) is 16.3 Å². The molecule has 2 rings (SSSR count). The Labute approximate surface area is 109 Å². The van der Waals surface area contributed by atoms with Crippen molar-refractivity contribution in [2.24, 2.45) is 5.92 Å². The molecule has 0 heterocycles. The van der Waals surface area contributed by atoms with Crippen molar-refractivity contribution in [3.63, 3.8) is 0 Å². The van der Waals surface area contributed by atoms with Gasteiger partial charge in [0, 0.05) is 11.8 Å². The zero-order valence-corrected chi connectivity index (χ0v) is 11.6. The molecule has 2 heteroatoms. The van der Waals surface area contributed by atoms with E-state index < -0.39 is 0 Å². The van der Waals surface area contributed by atoms with Crippen LogP contribution in [0.5, 0.6) is 5.75 Å². The van der Waals surface area contributed by atoms with Crippen molar-refractivity contribution in [2.45, 2.75) is 38.5 Å². The molecule has 1 aromatic carbocycles. The largest absolute Gasteiger partial charge is 0.496 e. The Morgan fingerprint density at radius 2 is 2.06 bits per heavy atom. The minimum Gasteiger partial charge on any atom is -0.496 e. The van der Waals surface area contributed by atoms with Gasteiger partial charge in [-0.15, -0.1) is 11.6 Å². The number of alkyl halides is 1. The lowest BCUT2D eigenvalue weighted by atomic mass is 9.91. The van der Waals surface area contributed by atoms with E-state index in [1.165, 1.54) is 24.0 Å². The van der Waals surface area contributed by atoms with Crippen molar-refractivity contribution in [3.8, 4) is 5.75 Å². The molecule has 1 unspecified atom stereocenters. The van der Waals surface area contributed by atoms with Gasteiger partial charge in [-0.2, -0.15) is 0 Å². The Kier molecular flexibility index (Phi) is 3.98. The molecule has 0 amide bonds. The lowest BCUT2D eigenvalue weighted by Crippen LogP contribution is -2.06. The van der Waals surface area contributed by atoms with Crippen LogP contribution in [0, 0.1) is 5.92 Å². The molecule has 1 fully saturated rings. The van der Waals surface area contributed by atoms with Gasteiger partial charge in [0.25, 0.3) is 0 Å². The van der Waals surface area contributed by atoms with E-state index in [9.17, 15) is 0 Å². The minimum atomic E-state index is 0.463. The highest BCUT2D eigenvalue weighted by Crippen LogP contribution is 2.46. The summed E-state index contributed by atoms with van der Waals surface area (Å²) in [5.74, 6) is 3.47. The van der Waals surface area contributed by atoms with Gasteiger partial charge in [-0.1, -0.05) is 26.0 Å². The summed E-state index contributed by atoms with van der Waals surface area (Å²) >= 11 is 6.14. The van der Waals surface area contributed by atoms with Crippen LogP contribution in [0.2, 0.25) is 0 Å². The SMILES string of the molecule is COc1ccc(C(C)C)cc1C(CCl)C1CC1. The number of hydrogen-bond donors (Lipinski definition) is 0. The normalized spacial score (nSPS) is 17.2. The van der Waals surface area contributed by atoms with E-state index in [1.54, 1.807) is 7.11 Å². The molecule has 0 N–H and O–H groups in total. The maximum Gasteiger partial charge on any atom is 0.122 e. The van der Waals surface area contributed by atoms with Crippen molar-refractivity contribution in [3.05, 3.63) is 29.3 Å². The van der Waals surface area contributed by atoms with E-state index in [2.05, 4.69) is 32.0 Å². The third-order valence-corrected chi connectivity index (χ3v) is 4.01. The van der Waals surface area contributed by atoms with Crippen LogP contribution >= 0.6 is 11.6 Å². The molecule has 1 atom stereocenters. The fourth-order valence-electron chi connectivity index (χ4n) is 2.36. The first-order valence-electron chi connectivity index (χ1n) is 6.41. The average molecular weight is 253 g/mol. The van der Waals surface area contributed by atoms with Gasteiger partial charge < -0.3 is 4.74 Å². The van der Waals surface area contributed by atoms with Gasteiger partial charge in [-0.25, -0.2) is 0 Å². The molecule has 0 spiro atoms. The average Bonchev–Trinajstić information content (AvgIpc) is 3.14. The highest BCUT2D eigenvalue weighted by atomic mass is 35.5. The molecule has 0 saturated heterocycles. The van der Waals surface area contributed by atoms with Crippen molar-refractivity contribution >= 4 is 11.6 Å². The quantitative estimate of drug-likeness (QED) is 0.699. The van der Waals surface area contributed by atoms with Gasteiger partial charge in [-0.3, -0.25) is 0 Å². The zero-order valence-electron chi connectivity index (χ0n) is 10.9. The first-order chi connectivity index (χ1) is 8.17. The summed E-state index contributed by atoms with van der Waals surface area (Å²) in [6.07, 6.45) is 2.62. The van der Waals surface area contributed by atoms with Gasteiger partial charge >= 0.3 is 0 Å². The second kappa shape index (κ2) is 5.30. The summed E-state index contributed by atoms with van der Waals surface area (Å²) in [5, 5.41) is 0. The second-order valence-electron chi connectivity index (χ2n) is 5.25. The Morgan fingerprint density at radius 1 is 1.35 bits per heavy atom. The highest BCUT2D eigenvalue weighted by molar-refractivity contribution is 6.18. The van der Waals surface area contributed by atoms with E-state index in [-0.39, 0.29) is 0 Å². The smallest absolute Gasteiger partial charge is 0.122 e. The Bertz CT molecular complexity index is 383. The predicted octanol–water partition coefficient (Wildman–Crippen LogP) is 4.55. The predicted molar refractivity (Wildman–Crippen MR) is 73.3 cm³/mol. The van der Waals surface area contributed by atoms with Gasteiger partial charge in [0.2, 0.25) is 0 Å². The van der Waals surface area contributed by atoms with Crippen LogP contribution in [-0.4, -0.2) is 13.0 Å². The summed E-state index contributed by atoms with van der Waals surface area (Å²) in [7, 11) is 1.74. The van der Waals surface area contributed by atoms with E-state index in [0.717, 1.165) is 11.7 Å². The molecule has 1 aliphatic carbocycles. The van der Waals surface area contributed by atoms with Crippen molar-refractivity contribution in [1.82, 2.24) is 0 Å². The van der Waals surface area contributed by atoms with Crippen LogP contribution in [0.1, 0.15) is 49.7 Å². The van der Waals surface area contributed by atoms with Gasteiger partial charge in [0.15, 0.2) is 0 Å². The van der Waals surface area contributed by atoms with Crippen LogP contribution in [0.15, 0.2) is 18.2 Å². The lowest BCUT2D eigenvalue weighted by Gasteiger charge is -2.19. The molecular weight excluding hydrogens is 232 g/mol. The Balaban J connectivity index is 2.36. The summed E-state index contributed by atoms with van der Waals surface area (Å²) in [5.41, 5.74) is 2.67. The van der Waals surface area contributed by atoms with Crippen LogP contribution in [0.25, 0.3) is 0 Å². The summed E-state index contributed by atoms with van der Waals surface area (Å²) in [6.45, 7) is 4.44. The molecule has 17 heavy (non-hydrogen) atoms. The lowest BCUT2D eigenvalue weighted by molar-refractivity contribution is 0.404. The topological polar surface area (TPSA) is 9.23 Å². The number of benzene rings is 1. The zero-order chi connectivity index (χ0) is 12.4. The third-order valence-electron chi connectivity index (χ3n) is 3.68. The maximum absolute atomic E-state index is 6.14. The highest BCUT2D eigenvalue weighted by Gasteiger charge is 2.33. The molecule has 1 nitrogen and oxygen atoms in total. The van der Waals surface area contributed by atoms with Crippen LogP contribution in [0.4, 0.5) is 0 Å². The minimum absolute atomic E-state index is 0.463. The van der Waals surface area contributed by atoms with Crippen molar-refractivity contribution in [2.75, 3.05) is 13.0 Å². The molecule has 1 aromatic rings. The molecule has 0 radical (unpaired) electrons. The fourth-order valence-corrected chi connectivity index (χ4v) is 2.78. The molecule has 94 valence electrons. The maximum atomic E-state index is 6.14. The number of rotatable bonds is 5. The first-order valence-corrected chi connectivity index (χ1v) is 6.94. The van der Waals surface area contributed by atoms with Gasteiger partial charge in [0.1, 0.15) is 5.75 Å². The van der Waals surface area contributed by atoms with E-state index in [1.807, 2.05) is 0 Å². The van der Waals surface area contributed by atoms with Crippen LogP contribution in [0.3, 0.4) is 0 Å². The Hall–Kier alpha value is -0.690. The summed E-state index contributed by atoms with van der Waals surface area (Å²) < 4.78 is 5.48. The molecule has 0 aliphatic heterocycles. The molecule has 0 aromatic heterocycles. The number of ether oxygens (including phenoxy) is 1. The number of halogens is 1. The van der Waals surface area contributed by atoms with Gasteiger partial charge in [-0.05, 0) is 41.9 Å². The second-order valence-corrected chi connectivity index (χ2v) is 5.56. The first kappa shape index (κ1) is 12.8. The monoisotopic (exact) mass is 252 g/mol. The number of hydrogen-bond acceptors (Lipinski definition) is 1. The molecule has 1 saturated carbocycles. The van der Waals surface area contributed by atoms with Crippen LogP contribution in [-0.2, 0) is 0 Å². The summed E-state index contributed by atoms with van der Waals surface area (Å²) in [6, 6.07) is 6.53. The molecular formula is C15H21ClO. The Morgan fingerprint density at radius 3 is 2.53 bits per heavy atom. The van der Waals surface area contributed by atoms with E-state index in [0.29, 0.717) is 17.7 Å². The van der Waals surface area contributed by atoms with Crippen molar-refractivity contribution in [1.29, 1.82) is 0 Å². The molecule has 1 aliphatic rings. The number of methoxy groups -OCH3 is 1. The van der Waals surface area contributed by atoms with E-state index >= 15 is 0 Å².